The van der Waals surface area contributed by atoms with Gasteiger partial charge in [-0.15, -0.1) is 0 Å². The van der Waals surface area contributed by atoms with E-state index in [9.17, 15) is 4.39 Å². The first-order valence-corrected chi connectivity index (χ1v) is 6.25. The zero-order valence-electron chi connectivity index (χ0n) is 9.81. The molecule has 0 aliphatic heterocycles. The van der Waals surface area contributed by atoms with Crippen molar-refractivity contribution < 1.29 is 4.39 Å². The van der Waals surface area contributed by atoms with Crippen LogP contribution in [0.1, 0.15) is 5.56 Å². The van der Waals surface area contributed by atoms with Gasteiger partial charge in [-0.25, -0.2) is 4.39 Å². The molecule has 0 amide bonds. The molecule has 0 saturated carbocycles. The fourth-order valence-electron chi connectivity index (χ4n) is 1.78. The van der Waals surface area contributed by atoms with Crippen LogP contribution >= 0.6 is 23.2 Å². The predicted molar refractivity (Wildman–Crippen MR) is 74.6 cm³/mol. The maximum Gasteiger partial charge on any atom is 0.128 e. The van der Waals surface area contributed by atoms with E-state index < -0.39 is 0 Å². The lowest BCUT2D eigenvalue weighted by molar-refractivity contribution is 0.601. The largest absolute Gasteiger partial charge is 0.316 e. The van der Waals surface area contributed by atoms with E-state index in [1.54, 1.807) is 31.3 Å². The second-order valence-corrected chi connectivity index (χ2v) is 4.87. The van der Waals surface area contributed by atoms with Crippen molar-refractivity contribution in [2.45, 2.75) is 6.54 Å². The number of rotatable bonds is 3. The van der Waals surface area contributed by atoms with Crippen LogP contribution in [-0.2, 0) is 6.54 Å². The molecule has 18 heavy (non-hydrogen) atoms. The minimum absolute atomic E-state index is 0.238. The number of hydrogen-bond acceptors (Lipinski definition) is 1. The average Bonchev–Trinajstić information content (AvgIpc) is 2.30. The van der Waals surface area contributed by atoms with E-state index in [0.29, 0.717) is 22.2 Å². The predicted octanol–water partition coefficient (Wildman–Crippen LogP) is 4.52. The minimum Gasteiger partial charge on any atom is -0.316 e. The van der Waals surface area contributed by atoms with Gasteiger partial charge in [-0.3, -0.25) is 0 Å². The number of hydrogen-bond donors (Lipinski definition) is 1. The molecule has 0 aromatic heterocycles. The number of nitrogens with one attached hydrogen (secondary N) is 1. The Hall–Kier alpha value is -1.09. The molecule has 0 fully saturated rings. The summed E-state index contributed by atoms with van der Waals surface area (Å²) < 4.78 is 13.8. The van der Waals surface area contributed by atoms with Gasteiger partial charge in [0.05, 0.1) is 0 Å². The molecule has 94 valence electrons. The van der Waals surface area contributed by atoms with Crippen molar-refractivity contribution in [3.05, 3.63) is 57.8 Å². The van der Waals surface area contributed by atoms with E-state index in [2.05, 4.69) is 5.32 Å². The summed E-state index contributed by atoms with van der Waals surface area (Å²) in [6, 6.07) is 10.3. The first-order valence-electron chi connectivity index (χ1n) is 5.49. The first kappa shape index (κ1) is 13.3. The van der Waals surface area contributed by atoms with Crippen LogP contribution in [0.3, 0.4) is 0 Å². The van der Waals surface area contributed by atoms with Gasteiger partial charge in [-0.1, -0.05) is 35.3 Å². The fourth-order valence-corrected chi connectivity index (χ4v) is 2.31. The van der Waals surface area contributed by atoms with Crippen LogP contribution in [-0.4, -0.2) is 7.05 Å². The molecule has 0 atom stereocenters. The van der Waals surface area contributed by atoms with Crippen LogP contribution in [0, 0.1) is 5.82 Å². The molecule has 2 aromatic rings. The Morgan fingerprint density at radius 2 is 1.67 bits per heavy atom. The van der Waals surface area contributed by atoms with E-state index in [0.717, 1.165) is 11.1 Å². The maximum absolute atomic E-state index is 13.8. The van der Waals surface area contributed by atoms with Crippen molar-refractivity contribution in [2.24, 2.45) is 0 Å². The van der Waals surface area contributed by atoms with Gasteiger partial charge in [0, 0.05) is 22.2 Å². The van der Waals surface area contributed by atoms with Crippen LogP contribution in [0.2, 0.25) is 10.0 Å². The molecule has 0 aliphatic carbocycles. The number of benzene rings is 2. The highest BCUT2D eigenvalue weighted by molar-refractivity contribution is 6.35. The zero-order valence-corrected chi connectivity index (χ0v) is 11.3. The fraction of sp³-hybridized carbons (Fsp3) is 0.143. The second-order valence-electron chi connectivity index (χ2n) is 3.99. The molecule has 0 heterocycles. The van der Waals surface area contributed by atoms with Crippen molar-refractivity contribution in [3.63, 3.8) is 0 Å². The Kier molecular flexibility index (Phi) is 4.23. The molecular formula is C14H12Cl2FN. The zero-order chi connectivity index (χ0) is 13.1. The third-order valence-electron chi connectivity index (χ3n) is 2.62. The molecule has 1 N–H and O–H groups in total. The van der Waals surface area contributed by atoms with Gasteiger partial charge in [0.2, 0.25) is 0 Å². The quantitative estimate of drug-likeness (QED) is 0.873. The summed E-state index contributed by atoms with van der Waals surface area (Å²) in [5.74, 6) is -0.238. The lowest BCUT2D eigenvalue weighted by Gasteiger charge is -2.07. The van der Waals surface area contributed by atoms with Crippen molar-refractivity contribution in [3.8, 4) is 11.1 Å². The minimum atomic E-state index is -0.238. The van der Waals surface area contributed by atoms with Gasteiger partial charge in [0.15, 0.2) is 0 Å². The maximum atomic E-state index is 13.8. The Morgan fingerprint density at radius 1 is 1.00 bits per heavy atom. The molecule has 2 aromatic carbocycles. The average molecular weight is 284 g/mol. The van der Waals surface area contributed by atoms with Crippen LogP contribution < -0.4 is 5.32 Å². The molecule has 0 unspecified atom stereocenters. The SMILES string of the molecule is CNCc1ccc(-c2cc(Cl)cc(Cl)c2)cc1F. The van der Waals surface area contributed by atoms with Gasteiger partial charge in [0.25, 0.3) is 0 Å². The monoisotopic (exact) mass is 283 g/mol. The summed E-state index contributed by atoms with van der Waals surface area (Å²) in [7, 11) is 1.78. The van der Waals surface area contributed by atoms with Crippen molar-refractivity contribution >= 4 is 23.2 Å². The van der Waals surface area contributed by atoms with Gasteiger partial charge in [0.1, 0.15) is 5.82 Å². The lowest BCUT2D eigenvalue weighted by Crippen LogP contribution is -2.06. The van der Waals surface area contributed by atoms with Gasteiger partial charge < -0.3 is 5.32 Å². The Labute approximate surface area is 116 Å². The van der Waals surface area contributed by atoms with E-state index in [-0.39, 0.29) is 5.82 Å². The van der Waals surface area contributed by atoms with E-state index in [1.807, 2.05) is 6.07 Å². The third kappa shape index (κ3) is 3.02. The summed E-state index contributed by atoms with van der Waals surface area (Å²) in [6.07, 6.45) is 0. The lowest BCUT2D eigenvalue weighted by atomic mass is 10.0. The molecule has 0 aliphatic rings. The summed E-state index contributed by atoms with van der Waals surface area (Å²) in [5.41, 5.74) is 2.20. The highest BCUT2D eigenvalue weighted by atomic mass is 35.5. The Balaban J connectivity index is 2.42. The van der Waals surface area contributed by atoms with Gasteiger partial charge in [-0.2, -0.15) is 0 Å². The smallest absolute Gasteiger partial charge is 0.128 e. The van der Waals surface area contributed by atoms with Gasteiger partial charge >= 0.3 is 0 Å². The van der Waals surface area contributed by atoms with Crippen LogP contribution in [0.5, 0.6) is 0 Å². The molecule has 0 saturated heterocycles. The van der Waals surface area contributed by atoms with Crippen molar-refractivity contribution in [1.29, 1.82) is 0 Å². The van der Waals surface area contributed by atoms with Crippen LogP contribution in [0.4, 0.5) is 4.39 Å². The Morgan fingerprint density at radius 3 is 2.22 bits per heavy atom. The van der Waals surface area contributed by atoms with Gasteiger partial charge in [-0.05, 0) is 42.4 Å². The summed E-state index contributed by atoms with van der Waals surface area (Å²) in [4.78, 5) is 0. The number of halogens is 3. The highest BCUT2D eigenvalue weighted by Gasteiger charge is 2.06. The summed E-state index contributed by atoms with van der Waals surface area (Å²) in [6.45, 7) is 0.502. The van der Waals surface area contributed by atoms with Crippen molar-refractivity contribution in [2.75, 3.05) is 7.05 Å². The van der Waals surface area contributed by atoms with Crippen molar-refractivity contribution in [1.82, 2.24) is 5.32 Å². The van der Waals surface area contributed by atoms with E-state index in [4.69, 9.17) is 23.2 Å². The Bertz CT molecular complexity index is 549. The van der Waals surface area contributed by atoms with Crippen LogP contribution in [0.15, 0.2) is 36.4 Å². The molecule has 0 bridgehead atoms. The normalized spacial score (nSPS) is 10.7. The molecular weight excluding hydrogens is 272 g/mol. The third-order valence-corrected chi connectivity index (χ3v) is 3.05. The summed E-state index contributed by atoms with van der Waals surface area (Å²) in [5, 5.41) is 4.00. The molecule has 1 nitrogen and oxygen atoms in total. The topological polar surface area (TPSA) is 12.0 Å². The first-order chi connectivity index (χ1) is 8.60. The molecule has 0 radical (unpaired) electrons. The van der Waals surface area contributed by atoms with Crippen LogP contribution in [0.25, 0.3) is 11.1 Å². The summed E-state index contributed by atoms with van der Waals surface area (Å²) >= 11 is 11.9. The highest BCUT2D eigenvalue weighted by Crippen LogP contribution is 2.28. The second kappa shape index (κ2) is 5.70. The molecule has 4 heteroatoms. The van der Waals surface area contributed by atoms with E-state index in [1.165, 1.54) is 6.07 Å². The standard InChI is InChI=1S/C14H12Cl2FN/c1-18-8-10-3-2-9(6-14(10)17)11-4-12(15)7-13(16)5-11/h2-7,18H,8H2,1H3. The van der Waals surface area contributed by atoms with E-state index >= 15 is 0 Å². The molecule has 0 spiro atoms. The molecule has 2 rings (SSSR count).